The van der Waals surface area contributed by atoms with Crippen molar-refractivity contribution in [2.75, 3.05) is 7.11 Å². The fraction of sp³-hybridized carbons (Fsp3) is 0.133. The van der Waals surface area contributed by atoms with Gasteiger partial charge in [-0.2, -0.15) is 0 Å². The van der Waals surface area contributed by atoms with E-state index in [1.165, 1.54) is 19.2 Å². The highest BCUT2D eigenvalue weighted by Gasteiger charge is 2.17. The maximum Gasteiger partial charge on any atom is 0.171 e. The molecule has 21 heavy (non-hydrogen) atoms. The van der Waals surface area contributed by atoms with Crippen molar-refractivity contribution in [1.82, 2.24) is 0 Å². The second-order valence-corrected chi connectivity index (χ2v) is 5.16. The van der Waals surface area contributed by atoms with E-state index >= 15 is 0 Å². The number of Topliss-reactive ketones (excluding diaryl/α,β-unsaturated/α-hetero) is 1. The maximum absolute atomic E-state index is 13.6. The highest BCUT2D eigenvalue weighted by Crippen LogP contribution is 2.27. The van der Waals surface area contributed by atoms with Gasteiger partial charge < -0.3 is 4.74 Å². The highest BCUT2D eigenvalue weighted by molar-refractivity contribution is 9.10. The molecule has 0 radical (unpaired) electrons. The molecule has 2 nitrogen and oxygen atoms in total. The smallest absolute Gasteiger partial charge is 0.171 e. The van der Waals surface area contributed by atoms with E-state index in [4.69, 9.17) is 4.74 Å². The molecule has 0 amide bonds. The van der Waals surface area contributed by atoms with Crippen molar-refractivity contribution >= 4 is 21.7 Å². The Bertz CT molecular complexity index is 702. The lowest BCUT2D eigenvalue weighted by atomic mass is 10.0. The molecule has 0 N–H and O–H groups in total. The van der Waals surface area contributed by atoms with Gasteiger partial charge in [-0.3, -0.25) is 4.79 Å². The van der Waals surface area contributed by atoms with Crippen molar-refractivity contribution in [3.8, 4) is 5.75 Å². The van der Waals surface area contributed by atoms with Gasteiger partial charge in [0, 0.05) is 18.6 Å². The zero-order valence-corrected chi connectivity index (χ0v) is 12.5. The van der Waals surface area contributed by atoms with Gasteiger partial charge in [0.15, 0.2) is 5.78 Å². The molecule has 0 fully saturated rings. The second-order valence-electron chi connectivity index (χ2n) is 4.30. The Hall–Kier alpha value is -1.82. The van der Waals surface area contributed by atoms with Crippen molar-refractivity contribution < 1.29 is 22.7 Å². The second kappa shape index (κ2) is 6.30. The Labute approximate surface area is 127 Å². The van der Waals surface area contributed by atoms with Gasteiger partial charge in [0.25, 0.3) is 0 Å². The summed E-state index contributed by atoms with van der Waals surface area (Å²) < 4.78 is 44.9. The van der Waals surface area contributed by atoms with E-state index in [0.29, 0.717) is 6.07 Å². The van der Waals surface area contributed by atoms with Gasteiger partial charge in [-0.25, -0.2) is 13.2 Å². The molecule has 0 heterocycles. The quantitative estimate of drug-likeness (QED) is 0.761. The first kappa shape index (κ1) is 15.6. The first-order valence-corrected chi connectivity index (χ1v) is 6.72. The van der Waals surface area contributed by atoms with Gasteiger partial charge in [-0.1, -0.05) is 6.07 Å². The first-order valence-electron chi connectivity index (χ1n) is 5.92. The minimum absolute atomic E-state index is 0.0585. The van der Waals surface area contributed by atoms with Gasteiger partial charge in [0.05, 0.1) is 17.1 Å². The molecule has 0 aromatic heterocycles. The number of hydrogen-bond donors (Lipinski definition) is 0. The summed E-state index contributed by atoms with van der Waals surface area (Å²) in [7, 11) is 1.30. The summed E-state index contributed by atoms with van der Waals surface area (Å²) in [5.74, 6) is -2.49. The van der Waals surface area contributed by atoms with Crippen molar-refractivity contribution in [2.45, 2.75) is 6.42 Å². The molecule has 0 saturated heterocycles. The highest BCUT2D eigenvalue weighted by atomic mass is 79.9. The third kappa shape index (κ3) is 3.44. The lowest BCUT2D eigenvalue weighted by molar-refractivity contribution is 0.0988. The van der Waals surface area contributed by atoms with E-state index in [9.17, 15) is 18.0 Å². The lowest BCUT2D eigenvalue weighted by Crippen LogP contribution is -2.08. The molecule has 0 aliphatic rings. The van der Waals surface area contributed by atoms with Crippen LogP contribution in [-0.4, -0.2) is 12.9 Å². The van der Waals surface area contributed by atoms with Crippen LogP contribution in [-0.2, 0) is 6.42 Å². The molecule has 2 aromatic carbocycles. The largest absolute Gasteiger partial charge is 0.496 e. The topological polar surface area (TPSA) is 26.3 Å². The Morgan fingerprint density at radius 1 is 1.14 bits per heavy atom. The molecule has 0 unspecified atom stereocenters. The van der Waals surface area contributed by atoms with Crippen LogP contribution in [0, 0.1) is 17.5 Å². The fourth-order valence-electron chi connectivity index (χ4n) is 1.85. The first-order chi connectivity index (χ1) is 9.92. The summed E-state index contributed by atoms with van der Waals surface area (Å²) >= 11 is 2.98. The summed E-state index contributed by atoms with van der Waals surface area (Å²) in [6, 6.07) is 5.33. The molecule has 0 saturated carbocycles. The van der Waals surface area contributed by atoms with Crippen LogP contribution in [0.15, 0.2) is 34.8 Å². The van der Waals surface area contributed by atoms with E-state index in [1.807, 2.05) is 0 Å². The summed E-state index contributed by atoms with van der Waals surface area (Å²) in [4.78, 5) is 12.2. The fourth-order valence-corrected chi connectivity index (χ4v) is 2.19. The van der Waals surface area contributed by atoms with Crippen LogP contribution in [0.1, 0.15) is 15.9 Å². The monoisotopic (exact) mass is 358 g/mol. The number of benzene rings is 2. The van der Waals surface area contributed by atoms with E-state index in [2.05, 4.69) is 15.9 Å². The van der Waals surface area contributed by atoms with Crippen molar-refractivity contribution in [3.05, 3.63) is 63.4 Å². The van der Waals surface area contributed by atoms with Crippen LogP contribution in [0.25, 0.3) is 0 Å². The Balaban J connectivity index is 2.34. The summed E-state index contributed by atoms with van der Waals surface area (Å²) in [5, 5.41) is 0. The molecule has 2 aromatic rings. The van der Waals surface area contributed by atoms with Crippen LogP contribution >= 0.6 is 15.9 Å². The van der Waals surface area contributed by atoms with Gasteiger partial charge in [0.2, 0.25) is 0 Å². The summed E-state index contributed by atoms with van der Waals surface area (Å²) in [6.45, 7) is 0. The van der Waals surface area contributed by atoms with Crippen molar-refractivity contribution in [1.29, 1.82) is 0 Å². The predicted molar refractivity (Wildman–Crippen MR) is 75.0 cm³/mol. The molecule has 0 aliphatic carbocycles. The van der Waals surface area contributed by atoms with E-state index in [-0.39, 0.29) is 27.8 Å². The molecule has 0 aliphatic heterocycles. The Morgan fingerprint density at radius 3 is 2.48 bits per heavy atom. The normalized spacial score (nSPS) is 10.5. The molecule has 6 heteroatoms. The number of carbonyl (C=O) groups excluding carboxylic acids is 1. The molecule has 110 valence electrons. The van der Waals surface area contributed by atoms with Gasteiger partial charge in [-0.15, -0.1) is 0 Å². The molecular formula is C15H10BrF3O2. The average molecular weight is 359 g/mol. The number of hydrogen-bond acceptors (Lipinski definition) is 2. The standard InChI is InChI=1S/C15H10BrF3O2/c1-21-15-7-13(19)11(16)6-10(15)14(20)4-8-2-3-9(17)5-12(8)18/h2-3,5-7H,4H2,1H3. The molecule has 0 bridgehead atoms. The number of halogens is 4. The van der Waals surface area contributed by atoms with Crippen molar-refractivity contribution in [2.24, 2.45) is 0 Å². The molecule has 0 spiro atoms. The predicted octanol–water partition coefficient (Wildman–Crippen LogP) is 4.30. The van der Waals surface area contributed by atoms with E-state index < -0.39 is 23.2 Å². The van der Waals surface area contributed by atoms with Crippen LogP contribution in [0.3, 0.4) is 0 Å². The Morgan fingerprint density at radius 2 is 1.86 bits per heavy atom. The Kier molecular flexibility index (Phi) is 4.67. The minimum Gasteiger partial charge on any atom is -0.496 e. The number of rotatable bonds is 4. The zero-order valence-electron chi connectivity index (χ0n) is 10.9. The van der Waals surface area contributed by atoms with Gasteiger partial charge >= 0.3 is 0 Å². The number of methoxy groups -OCH3 is 1. The number of carbonyl (C=O) groups is 1. The van der Waals surface area contributed by atoms with Crippen LogP contribution in [0.5, 0.6) is 5.75 Å². The van der Waals surface area contributed by atoms with Gasteiger partial charge in [-0.05, 0) is 33.6 Å². The zero-order chi connectivity index (χ0) is 15.6. The maximum atomic E-state index is 13.6. The average Bonchev–Trinajstić information content (AvgIpc) is 2.44. The number of ether oxygens (including phenoxy) is 1. The summed E-state index contributed by atoms with van der Waals surface area (Å²) in [6.07, 6.45) is -0.277. The summed E-state index contributed by atoms with van der Waals surface area (Å²) in [5.41, 5.74) is 0.179. The third-order valence-corrected chi connectivity index (χ3v) is 3.52. The van der Waals surface area contributed by atoms with Crippen LogP contribution < -0.4 is 4.74 Å². The lowest BCUT2D eigenvalue weighted by Gasteiger charge is -2.09. The minimum atomic E-state index is -0.802. The van der Waals surface area contributed by atoms with E-state index in [0.717, 1.165) is 12.1 Å². The van der Waals surface area contributed by atoms with Crippen LogP contribution in [0.2, 0.25) is 0 Å². The molecule has 0 atom stereocenters. The molecule has 2 rings (SSSR count). The van der Waals surface area contributed by atoms with Crippen LogP contribution in [0.4, 0.5) is 13.2 Å². The van der Waals surface area contributed by atoms with Gasteiger partial charge in [0.1, 0.15) is 23.2 Å². The number of ketones is 1. The van der Waals surface area contributed by atoms with E-state index in [1.54, 1.807) is 0 Å². The third-order valence-electron chi connectivity index (χ3n) is 2.91. The SMILES string of the molecule is COc1cc(F)c(Br)cc1C(=O)Cc1ccc(F)cc1F. The van der Waals surface area contributed by atoms with Crippen molar-refractivity contribution in [3.63, 3.8) is 0 Å². The molecular weight excluding hydrogens is 349 g/mol.